The van der Waals surface area contributed by atoms with Gasteiger partial charge in [0, 0.05) is 33.5 Å². The number of carbonyl (C=O) groups excluding carboxylic acids is 2. The van der Waals surface area contributed by atoms with Gasteiger partial charge < -0.3 is 14.9 Å². The maximum Gasteiger partial charge on any atom is 0.250 e. The molecule has 0 radical (unpaired) electrons. The first-order chi connectivity index (χ1) is 16.3. The summed E-state index contributed by atoms with van der Waals surface area (Å²) in [4.78, 5) is 28.0. The highest BCUT2D eigenvalue weighted by Gasteiger charge is 2.19. The fraction of sp³-hybridized carbons (Fsp3) is 0.192. The molecule has 0 spiro atoms. The molecule has 4 rings (SSSR count). The van der Waals surface area contributed by atoms with Crippen molar-refractivity contribution in [2.45, 2.75) is 27.2 Å². The van der Waals surface area contributed by atoms with Crippen LogP contribution in [-0.4, -0.2) is 23.9 Å². The molecule has 2 aromatic carbocycles. The van der Waals surface area contributed by atoms with E-state index in [-0.39, 0.29) is 12.3 Å². The van der Waals surface area contributed by atoms with Gasteiger partial charge in [-0.05, 0) is 38.0 Å². The molecule has 3 N–H and O–H groups in total. The first-order valence-electron chi connectivity index (χ1n) is 10.6. The van der Waals surface area contributed by atoms with Crippen LogP contribution in [0.1, 0.15) is 29.3 Å². The fourth-order valence-corrected chi connectivity index (χ4v) is 4.58. The summed E-state index contributed by atoms with van der Waals surface area (Å²) in [5, 5.41) is 5.79. The second kappa shape index (κ2) is 9.52. The Balaban J connectivity index is 1.69. The van der Waals surface area contributed by atoms with Crippen LogP contribution in [0.25, 0.3) is 27.7 Å². The number of furan rings is 1. The molecule has 7 nitrogen and oxygen atoms in total. The Morgan fingerprint density at radius 2 is 1.97 bits per heavy atom. The number of nitrogens with zero attached hydrogens (tertiary/aromatic N) is 1. The summed E-state index contributed by atoms with van der Waals surface area (Å²) in [6, 6.07) is 10.3. The molecule has 0 fully saturated rings. The number of ether oxygens (including phenoxy) is 1. The first kappa shape index (κ1) is 23.3. The van der Waals surface area contributed by atoms with Crippen LogP contribution in [-0.2, 0) is 16.0 Å². The average molecular weight is 476 g/mol. The topological polar surface area (TPSA) is 107 Å². The van der Waals surface area contributed by atoms with Gasteiger partial charge in [0.05, 0.1) is 25.5 Å². The zero-order valence-electron chi connectivity index (χ0n) is 19.4. The van der Waals surface area contributed by atoms with Crippen LogP contribution in [0, 0.1) is 13.8 Å². The van der Waals surface area contributed by atoms with Crippen LogP contribution in [0.5, 0.6) is 5.75 Å². The SMILES string of the molecule is COc1c(/C(C)=C/C(=O)Nc2nc(CC(N)=O)cs2)cc2c(-c3ccc(C)cc3)coc2c1C. The minimum Gasteiger partial charge on any atom is -0.496 e. The van der Waals surface area contributed by atoms with E-state index < -0.39 is 5.91 Å². The minimum atomic E-state index is -0.471. The monoisotopic (exact) mass is 475 g/mol. The molecular weight excluding hydrogens is 450 g/mol. The number of hydrogen-bond donors (Lipinski definition) is 2. The number of allylic oxidation sites excluding steroid dienone is 1. The number of anilines is 1. The molecule has 34 heavy (non-hydrogen) atoms. The largest absolute Gasteiger partial charge is 0.496 e. The number of nitrogens with two attached hydrogens (primary N) is 1. The van der Waals surface area contributed by atoms with E-state index in [1.165, 1.54) is 23.0 Å². The van der Waals surface area contributed by atoms with Gasteiger partial charge in [0.2, 0.25) is 11.8 Å². The Morgan fingerprint density at radius 3 is 2.65 bits per heavy atom. The summed E-state index contributed by atoms with van der Waals surface area (Å²) in [6.45, 7) is 5.85. The van der Waals surface area contributed by atoms with Crippen molar-refractivity contribution in [3.8, 4) is 16.9 Å². The normalized spacial score (nSPS) is 11.6. The molecule has 2 heterocycles. The lowest BCUT2D eigenvalue weighted by Gasteiger charge is -2.13. The summed E-state index contributed by atoms with van der Waals surface area (Å²) in [5.41, 5.74) is 12.1. The molecule has 2 amide bonds. The van der Waals surface area contributed by atoms with E-state index in [9.17, 15) is 9.59 Å². The molecule has 0 bridgehead atoms. The van der Waals surface area contributed by atoms with Crippen LogP contribution >= 0.6 is 11.3 Å². The number of methoxy groups -OCH3 is 1. The van der Waals surface area contributed by atoms with Gasteiger partial charge >= 0.3 is 0 Å². The highest BCUT2D eigenvalue weighted by Crippen LogP contribution is 2.40. The summed E-state index contributed by atoms with van der Waals surface area (Å²) >= 11 is 1.24. The molecule has 174 valence electrons. The predicted octanol–water partition coefficient (Wildman–Crippen LogP) is 5.25. The molecule has 0 aliphatic heterocycles. The van der Waals surface area contributed by atoms with Gasteiger partial charge in [-0.15, -0.1) is 11.3 Å². The smallest absolute Gasteiger partial charge is 0.250 e. The maximum absolute atomic E-state index is 12.7. The Labute approximate surface area is 201 Å². The molecule has 0 atom stereocenters. The van der Waals surface area contributed by atoms with Gasteiger partial charge in [-0.3, -0.25) is 14.9 Å². The number of aryl methyl sites for hydroxylation is 2. The predicted molar refractivity (Wildman–Crippen MR) is 135 cm³/mol. The molecule has 0 unspecified atom stereocenters. The van der Waals surface area contributed by atoms with Gasteiger partial charge in [0.1, 0.15) is 11.3 Å². The zero-order valence-corrected chi connectivity index (χ0v) is 20.2. The van der Waals surface area contributed by atoms with E-state index in [4.69, 9.17) is 14.9 Å². The Kier molecular flexibility index (Phi) is 6.51. The van der Waals surface area contributed by atoms with Crippen molar-refractivity contribution >= 4 is 44.8 Å². The maximum atomic E-state index is 12.7. The third-order valence-corrected chi connectivity index (χ3v) is 6.33. The number of thiazole rings is 1. The highest BCUT2D eigenvalue weighted by molar-refractivity contribution is 7.14. The fourth-order valence-electron chi connectivity index (χ4n) is 3.87. The van der Waals surface area contributed by atoms with E-state index in [2.05, 4.69) is 34.6 Å². The molecule has 8 heteroatoms. The van der Waals surface area contributed by atoms with Gasteiger partial charge in [-0.1, -0.05) is 29.8 Å². The number of amides is 2. The summed E-state index contributed by atoms with van der Waals surface area (Å²) in [5.74, 6) is -0.152. The van der Waals surface area contributed by atoms with Crippen molar-refractivity contribution in [2.24, 2.45) is 5.73 Å². The van der Waals surface area contributed by atoms with Gasteiger partial charge in [-0.25, -0.2) is 4.98 Å². The van der Waals surface area contributed by atoms with Crippen LogP contribution in [0.3, 0.4) is 0 Å². The molecule has 0 saturated heterocycles. The van der Waals surface area contributed by atoms with Crippen molar-refractivity contribution < 1.29 is 18.7 Å². The second-order valence-electron chi connectivity index (χ2n) is 8.08. The first-order valence-corrected chi connectivity index (χ1v) is 11.5. The lowest BCUT2D eigenvalue weighted by atomic mass is 9.96. The number of rotatable bonds is 7. The third-order valence-electron chi connectivity index (χ3n) is 5.52. The van der Waals surface area contributed by atoms with Crippen molar-refractivity contribution in [1.29, 1.82) is 0 Å². The summed E-state index contributed by atoms with van der Waals surface area (Å²) < 4.78 is 11.6. The Hall–Kier alpha value is -3.91. The lowest BCUT2D eigenvalue weighted by molar-refractivity contribution is -0.117. The summed E-state index contributed by atoms with van der Waals surface area (Å²) in [6.07, 6.45) is 3.29. The van der Waals surface area contributed by atoms with Crippen molar-refractivity contribution in [1.82, 2.24) is 4.98 Å². The van der Waals surface area contributed by atoms with Gasteiger partial charge in [0.15, 0.2) is 5.13 Å². The number of aromatic nitrogens is 1. The zero-order chi connectivity index (χ0) is 24.4. The number of fused-ring (bicyclic) bond motifs is 1. The van der Waals surface area contributed by atoms with Crippen LogP contribution in [0.4, 0.5) is 5.13 Å². The van der Waals surface area contributed by atoms with E-state index in [0.717, 1.165) is 38.8 Å². The Bertz CT molecular complexity index is 1410. The van der Waals surface area contributed by atoms with Crippen LogP contribution < -0.4 is 15.8 Å². The number of carbonyl (C=O) groups is 2. The highest BCUT2D eigenvalue weighted by atomic mass is 32.1. The molecule has 4 aromatic rings. The quantitative estimate of drug-likeness (QED) is 0.355. The van der Waals surface area contributed by atoms with Crippen LogP contribution in [0.15, 0.2) is 52.5 Å². The van der Waals surface area contributed by atoms with Gasteiger partial charge in [-0.2, -0.15) is 0 Å². The molecule has 0 saturated carbocycles. The molecule has 2 aromatic heterocycles. The molecule has 0 aliphatic rings. The standard InChI is InChI=1S/C26H25N3O4S/c1-14-5-7-17(8-6-14)21-12-33-25-16(3)24(32-4)19(11-20(21)25)15(2)9-23(31)29-26-28-18(13-34-26)10-22(27)30/h5-9,11-13H,10H2,1-4H3,(H2,27,30)(H,28,29,31)/b15-9+. The van der Waals surface area contributed by atoms with Crippen molar-refractivity contribution in [3.05, 3.63) is 70.4 Å². The molecular formula is C26H25N3O4S. The molecule has 0 aliphatic carbocycles. The van der Waals surface area contributed by atoms with Gasteiger partial charge in [0.25, 0.3) is 0 Å². The van der Waals surface area contributed by atoms with Crippen LogP contribution in [0.2, 0.25) is 0 Å². The van der Waals surface area contributed by atoms with E-state index in [1.807, 2.05) is 26.8 Å². The van der Waals surface area contributed by atoms with E-state index in [1.54, 1.807) is 18.8 Å². The summed E-state index contributed by atoms with van der Waals surface area (Å²) in [7, 11) is 1.60. The van der Waals surface area contributed by atoms with E-state index in [0.29, 0.717) is 16.6 Å². The Morgan fingerprint density at radius 1 is 1.24 bits per heavy atom. The second-order valence-corrected chi connectivity index (χ2v) is 8.94. The van der Waals surface area contributed by atoms with Crippen molar-refractivity contribution in [2.75, 3.05) is 12.4 Å². The lowest BCUT2D eigenvalue weighted by Crippen LogP contribution is -2.14. The number of primary amides is 1. The minimum absolute atomic E-state index is 0.0335. The number of hydrogen-bond acceptors (Lipinski definition) is 6. The third kappa shape index (κ3) is 4.72. The average Bonchev–Trinajstić information content (AvgIpc) is 3.40. The van der Waals surface area contributed by atoms with Crippen molar-refractivity contribution in [3.63, 3.8) is 0 Å². The number of benzene rings is 2. The number of nitrogens with one attached hydrogen (secondary N) is 1. The van der Waals surface area contributed by atoms with E-state index >= 15 is 0 Å².